The number of rotatable bonds is 7. The number of halogens is 8. The molecule has 2 aromatic heterocycles. The monoisotopic (exact) mass is 565 g/mol. The van der Waals surface area contributed by atoms with Gasteiger partial charge < -0.3 is 9.47 Å². The molecule has 0 aliphatic rings. The second-order valence-corrected chi connectivity index (χ2v) is 8.04. The fraction of sp³-hybridized carbons (Fsp3) is 0.318. The van der Waals surface area contributed by atoms with Crippen LogP contribution in [0.2, 0.25) is 5.15 Å². The third-order valence-corrected chi connectivity index (χ3v) is 5.48. The molecule has 0 saturated heterocycles. The van der Waals surface area contributed by atoms with E-state index in [2.05, 4.69) is 15.0 Å². The number of ether oxygens (including phenoxy) is 2. The van der Waals surface area contributed by atoms with Crippen molar-refractivity contribution in [2.45, 2.75) is 38.9 Å². The molecule has 0 fully saturated rings. The minimum Gasteiger partial charge on any atom is -0.481 e. The average Bonchev–Trinajstić information content (AvgIpc) is 2.82. The summed E-state index contributed by atoms with van der Waals surface area (Å²) in [4.78, 5) is 24.2. The first kappa shape index (κ1) is 28.6. The highest BCUT2D eigenvalue weighted by atomic mass is 35.5. The fourth-order valence-corrected chi connectivity index (χ4v) is 3.47. The van der Waals surface area contributed by atoms with E-state index in [1.807, 2.05) is 0 Å². The van der Waals surface area contributed by atoms with E-state index in [-0.39, 0.29) is 33.5 Å². The second kappa shape index (κ2) is 10.4. The zero-order valence-corrected chi connectivity index (χ0v) is 20.3. The molecule has 0 saturated carbocycles. The standard InChI is InChI=1S/C22H15ClF7N5O3/c1-9-12(6-31)4-11(18(24)25)5-14(9)38-15-16(21(26,27)22(28,29)30)32-8-35(20(15)36)7-13-17(23)33-10(2)34-19(13)37-3/h4-5,8,18H,7H2,1-3H3. The van der Waals surface area contributed by atoms with Crippen molar-refractivity contribution in [1.29, 1.82) is 5.26 Å². The van der Waals surface area contributed by atoms with E-state index in [4.69, 9.17) is 21.1 Å². The van der Waals surface area contributed by atoms with Gasteiger partial charge in [-0.1, -0.05) is 11.6 Å². The van der Waals surface area contributed by atoms with Crippen LogP contribution in [0.1, 0.15) is 40.2 Å². The van der Waals surface area contributed by atoms with Crippen molar-refractivity contribution in [3.63, 3.8) is 0 Å². The molecule has 16 heteroatoms. The van der Waals surface area contributed by atoms with Crippen LogP contribution >= 0.6 is 11.6 Å². The molecule has 8 nitrogen and oxygen atoms in total. The number of nitriles is 1. The molecule has 0 atom stereocenters. The van der Waals surface area contributed by atoms with E-state index in [1.54, 1.807) is 6.07 Å². The van der Waals surface area contributed by atoms with Gasteiger partial charge in [-0.05, 0) is 26.0 Å². The molecule has 0 radical (unpaired) electrons. The van der Waals surface area contributed by atoms with Crippen LogP contribution in [0.15, 0.2) is 23.3 Å². The Bertz CT molecular complexity index is 1490. The highest BCUT2D eigenvalue weighted by Crippen LogP contribution is 2.46. The van der Waals surface area contributed by atoms with Crippen molar-refractivity contribution in [3.05, 3.63) is 67.7 Å². The molecule has 38 heavy (non-hydrogen) atoms. The third kappa shape index (κ3) is 5.35. The van der Waals surface area contributed by atoms with Crippen LogP contribution < -0.4 is 15.0 Å². The summed E-state index contributed by atoms with van der Waals surface area (Å²) in [6, 6.07) is 2.98. The summed E-state index contributed by atoms with van der Waals surface area (Å²) in [5, 5.41) is 9.01. The molecular formula is C22H15ClF7N5O3. The Morgan fingerprint density at radius 2 is 1.82 bits per heavy atom. The SMILES string of the molecule is COc1nc(C)nc(Cl)c1Cn1cnc(C(F)(F)C(F)(F)F)c(Oc2cc(C(F)F)cc(C#N)c2C)c1=O. The van der Waals surface area contributed by atoms with Crippen molar-refractivity contribution in [2.24, 2.45) is 0 Å². The van der Waals surface area contributed by atoms with Crippen molar-refractivity contribution in [2.75, 3.05) is 7.11 Å². The summed E-state index contributed by atoms with van der Waals surface area (Å²) in [5.41, 5.74) is -5.12. The summed E-state index contributed by atoms with van der Waals surface area (Å²) in [6.45, 7) is 2.02. The Labute approximate surface area is 214 Å². The van der Waals surface area contributed by atoms with Gasteiger partial charge in [-0.2, -0.15) is 32.2 Å². The molecule has 0 aliphatic heterocycles. The molecule has 0 N–H and O–H groups in total. The molecular weight excluding hydrogens is 551 g/mol. The van der Waals surface area contributed by atoms with Gasteiger partial charge in [-0.15, -0.1) is 0 Å². The summed E-state index contributed by atoms with van der Waals surface area (Å²) >= 11 is 6.08. The van der Waals surface area contributed by atoms with E-state index in [0.717, 1.165) is 13.0 Å². The smallest absolute Gasteiger partial charge is 0.459 e. The first-order valence-corrected chi connectivity index (χ1v) is 10.6. The van der Waals surface area contributed by atoms with Gasteiger partial charge in [0.1, 0.15) is 16.7 Å². The number of hydrogen-bond acceptors (Lipinski definition) is 7. The number of methoxy groups -OCH3 is 1. The zero-order valence-electron chi connectivity index (χ0n) is 19.5. The average molecular weight is 566 g/mol. The van der Waals surface area contributed by atoms with Crippen LogP contribution in [-0.4, -0.2) is 32.8 Å². The molecule has 0 spiro atoms. The largest absolute Gasteiger partial charge is 0.481 e. The van der Waals surface area contributed by atoms with E-state index < -0.39 is 53.4 Å². The molecule has 202 valence electrons. The van der Waals surface area contributed by atoms with Gasteiger partial charge in [0, 0.05) is 11.1 Å². The first-order chi connectivity index (χ1) is 17.6. The van der Waals surface area contributed by atoms with E-state index in [9.17, 15) is 40.8 Å². The molecule has 3 rings (SSSR count). The topological polar surface area (TPSA) is 103 Å². The van der Waals surface area contributed by atoms with Crippen molar-refractivity contribution in [3.8, 4) is 23.4 Å². The Kier molecular flexibility index (Phi) is 7.87. The minimum atomic E-state index is -6.20. The molecule has 3 aromatic rings. The molecule has 2 heterocycles. The van der Waals surface area contributed by atoms with Crippen LogP contribution in [0, 0.1) is 25.2 Å². The predicted molar refractivity (Wildman–Crippen MR) is 117 cm³/mol. The third-order valence-electron chi connectivity index (χ3n) is 5.17. The van der Waals surface area contributed by atoms with Crippen molar-refractivity contribution < 1.29 is 40.2 Å². The highest BCUT2D eigenvalue weighted by Gasteiger charge is 2.62. The summed E-state index contributed by atoms with van der Waals surface area (Å²) in [7, 11) is 1.20. The highest BCUT2D eigenvalue weighted by molar-refractivity contribution is 6.30. The lowest BCUT2D eigenvalue weighted by Crippen LogP contribution is -2.37. The van der Waals surface area contributed by atoms with Gasteiger partial charge in [0.05, 0.1) is 37.2 Å². The normalized spacial score (nSPS) is 12.0. The lowest BCUT2D eigenvalue weighted by atomic mass is 10.0. The summed E-state index contributed by atoms with van der Waals surface area (Å²) in [6.07, 6.45) is -8.97. The summed E-state index contributed by atoms with van der Waals surface area (Å²) < 4.78 is 106. The number of benzene rings is 1. The lowest BCUT2D eigenvalue weighted by molar-refractivity contribution is -0.291. The van der Waals surface area contributed by atoms with E-state index >= 15 is 0 Å². The summed E-state index contributed by atoms with van der Waals surface area (Å²) in [5.74, 6) is -7.98. The predicted octanol–water partition coefficient (Wildman–Crippen LogP) is 5.62. The van der Waals surface area contributed by atoms with Crippen molar-refractivity contribution in [1.82, 2.24) is 19.5 Å². The molecule has 0 unspecified atom stereocenters. The quantitative estimate of drug-likeness (QED) is 0.271. The maximum absolute atomic E-state index is 14.4. The fourth-order valence-electron chi connectivity index (χ4n) is 3.21. The zero-order chi connectivity index (χ0) is 28.6. The molecule has 0 amide bonds. The van der Waals surface area contributed by atoms with E-state index in [0.29, 0.717) is 17.0 Å². The van der Waals surface area contributed by atoms with E-state index in [1.165, 1.54) is 14.0 Å². The van der Waals surface area contributed by atoms with Gasteiger partial charge in [-0.25, -0.2) is 18.7 Å². The first-order valence-electron chi connectivity index (χ1n) is 10.2. The Balaban J connectivity index is 2.28. The van der Waals surface area contributed by atoms with Gasteiger partial charge in [0.25, 0.3) is 12.0 Å². The van der Waals surface area contributed by atoms with Crippen LogP contribution in [0.5, 0.6) is 17.4 Å². The maximum Gasteiger partial charge on any atom is 0.459 e. The number of aromatic nitrogens is 4. The second-order valence-electron chi connectivity index (χ2n) is 7.68. The number of alkyl halides is 7. The van der Waals surface area contributed by atoms with Gasteiger partial charge in [0.15, 0.2) is 5.69 Å². The molecule has 0 aliphatic carbocycles. The van der Waals surface area contributed by atoms with Gasteiger partial charge in [-0.3, -0.25) is 9.36 Å². The van der Waals surface area contributed by atoms with Crippen LogP contribution in [0.4, 0.5) is 30.7 Å². The number of hydrogen-bond donors (Lipinski definition) is 0. The number of aryl methyl sites for hydroxylation is 1. The maximum atomic E-state index is 14.4. The van der Waals surface area contributed by atoms with Gasteiger partial charge >= 0.3 is 12.1 Å². The Morgan fingerprint density at radius 1 is 1.16 bits per heavy atom. The van der Waals surface area contributed by atoms with Crippen LogP contribution in [-0.2, 0) is 12.5 Å². The van der Waals surface area contributed by atoms with Gasteiger partial charge in [0.2, 0.25) is 11.6 Å². The Morgan fingerprint density at radius 3 is 2.37 bits per heavy atom. The minimum absolute atomic E-state index is 0.0485. The van der Waals surface area contributed by atoms with Crippen molar-refractivity contribution >= 4 is 11.6 Å². The molecule has 1 aromatic carbocycles. The van der Waals surface area contributed by atoms with Crippen LogP contribution in [0.3, 0.4) is 0 Å². The van der Waals surface area contributed by atoms with Crippen LogP contribution in [0.25, 0.3) is 0 Å². The Hall–Kier alpha value is -3.93. The molecule has 0 bridgehead atoms. The number of nitrogens with zero attached hydrogens (tertiary/aromatic N) is 5. The lowest BCUT2D eigenvalue weighted by Gasteiger charge is -2.22.